The van der Waals surface area contributed by atoms with Crippen molar-refractivity contribution >= 4 is 27.3 Å². The number of rotatable bonds is 8. The molecule has 210 valence electrons. The fourth-order valence-corrected chi connectivity index (χ4v) is 6.76. The summed E-state index contributed by atoms with van der Waals surface area (Å²) in [6.07, 6.45) is 2.65. The maximum Gasteiger partial charge on any atom is 0.387 e. The lowest BCUT2D eigenvalue weighted by atomic mass is 9.79. The van der Waals surface area contributed by atoms with Crippen molar-refractivity contribution in [1.29, 1.82) is 0 Å². The molecule has 2 aromatic rings. The highest BCUT2D eigenvalue weighted by Gasteiger charge is 2.38. The maximum absolute atomic E-state index is 14.6. The van der Waals surface area contributed by atoms with Gasteiger partial charge in [-0.1, -0.05) is 0 Å². The first-order valence-electron chi connectivity index (χ1n) is 12.5. The molecule has 0 saturated carbocycles. The molecule has 0 atom stereocenters. The number of anilines is 3. The van der Waals surface area contributed by atoms with Crippen molar-refractivity contribution in [1.82, 2.24) is 15.3 Å². The highest BCUT2D eigenvalue weighted by Crippen LogP contribution is 2.35. The van der Waals surface area contributed by atoms with Gasteiger partial charge < -0.3 is 25.4 Å². The van der Waals surface area contributed by atoms with E-state index in [0.717, 1.165) is 19.0 Å². The van der Waals surface area contributed by atoms with Crippen LogP contribution in [-0.4, -0.2) is 59.7 Å². The summed E-state index contributed by atoms with van der Waals surface area (Å²) in [6.45, 7) is 5.27. The van der Waals surface area contributed by atoms with Crippen LogP contribution in [0.1, 0.15) is 53.4 Å². The number of aromatic nitrogens is 2. The molecule has 1 aromatic heterocycles. The number of sulfone groups is 1. The Hall–Kier alpha value is -2.80. The van der Waals surface area contributed by atoms with Crippen molar-refractivity contribution < 1.29 is 31.1 Å². The molecule has 9 nitrogen and oxygen atoms in total. The molecule has 2 fully saturated rings. The number of nitrogens with one attached hydrogen (secondary N) is 3. The van der Waals surface area contributed by atoms with Crippen molar-refractivity contribution in [2.45, 2.75) is 83.2 Å². The van der Waals surface area contributed by atoms with E-state index in [4.69, 9.17) is 4.74 Å². The van der Waals surface area contributed by atoms with Crippen molar-refractivity contribution in [3.05, 3.63) is 30.2 Å². The van der Waals surface area contributed by atoms with Crippen molar-refractivity contribution in [3.63, 3.8) is 0 Å². The number of hydrogen-bond acceptors (Lipinski definition) is 9. The van der Waals surface area contributed by atoms with Gasteiger partial charge in [-0.25, -0.2) is 17.8 Å². The predicted octanol–water partition coefficient (Wildman–Crippen LogP) is 4.64. The summed E-state index contributed by atoms with van der Waals surface area (Å²) in [6, 6.07) is 4.28. The smallest absolute Gasteiger partial charge is 0.387 e. The number of benzene rings is 1. The van der Waals surface area contributed by atoms with E-state index < -0.39 is 28.4 Å². The van der Waals surface area contributed by atoms with E-state index in [2.05, 4.69) is 58.4 Å². The molecule has 0 amide bonds. The molecule has 2 aliphatic heterocycles. The molecular formula is C25H34F3N5O4S. The number of alkyl halides is 2. The third kappa shape index (κ3) is 7.62. The van der Waals surface area contributed by atoms with E-state index in [1.54, 1.807) is 6.07 Å². The lowest BCUT2D eigenvalue weighted by Crippen LogP contribution is -2.60. The van der Waals surface area contributed by atoms with E-state index in [0.29, 0.717) is 5.69 Å². The first-order chi connectivity index (χ1) is 17.7. The van der Waals surface area contributed by atoms with Crippen LogP contribution in [0.15, 0.2) is 24.4 Å². The Kier molecular flexibility index (Phi) is 7.99. The molecule has 38 heavy (non-hydrogen) atoms. The van der Waals surface area contributed by atoms with Crippen molar-refractivity contribution in [2.75, 3.05) is 22.1 Å². The summed E-state index contributed by atoms with van der Waals surface area (Å²) in [5.74, 6) is -0.700. The van der Waals surface area contributed by atoms with Gasteiger partial charge in [0, 0.05) is 28.9 Å². The van der Waals surface area contributed by atoms with E-state index in [1.807, 2.05) is 0 Å². The summed E-state index contributed by atoms with van der Waals surface area (Å²) in [7, 11) is -3.10. The predicted molar refractivity (Wildman–Crippen MR) is 139 cm³/mol. The van der Waals surface area contributed by atoms with Crippen LogP contribution in [0.5, 0.6) is 11.5 Å². The highest BCUT2D eigenvalue weighted by molar-refractivity contribution is 7.91. The van der Waals surface area contributed by atoms with Gasteiger partial charge in [0.05, 0.1) is 17.7 Å². The molecule has 0 bridgehead atoms. The number of piperidine rings is 1. The van der Waals surface area contributed by atoms with Gasteiger partial charge in [0.15, 0.2) is 33.0 Å². The Morgan fingerprint density at radius 3 is 2.37 bits per heavy atom. The summed E-state index contributed by atoms with van der Waals surface area (Å²) < 4.78 is 74.6. The van der Waals surface area contributed by atoms with Gasteiger partial charge >= 0.3 is 6.61 Å². The Balaban J connectivity index is 1.49. The molecule has 4 rings (SSSR count). The lowest BCUT2D eigenvalue weighted by molar-refractivity contribution is -0.0520. The molecule has 3 N–H and O–H groups in total. The first-order valence-corrected chi connectivity index (χ1v) is 14.3. The average molecular weight is 558 g/mol. The number of hydrogen-bond donors (Lipinski definition) is 3. The summed E-state index contributed by atoms with van der Waals surface area (Å²) in [4.78, 5) is 8.25. The molecule has 1 aromatic carbocycles. The van der Waals surface area contributed by atoms with Gasteiger partial charge in [-0.3, -0.25) is 0 Å². The average Bonchev–Trinajstić information content (AvgIpc) is 2.76. The van der Waals surface area contributed by atoms with Gasteiger partial charge in [0.2, 0.25) is 5.95 Å². The maximum atomic E-state index is 14.6. The minimum Gasteiger partial charge on any atom is -0.486 e. The minimum absolute atomic E-state index is 0.0209. The van der Waals surface area contributed by atoms with Crippen molar-refractivity contribution in [2.24, 2.45) is 0 Å². The van der Waals surface area contributed by atoms with E-state index in [1.165, 1.54) is 12.1 Å². The molecule has 0 unspecified atom stereocenters. The Morgan fingerprint density at radius 1 is 1.08 bits per heavy atom. The van der Waals surface area contributed by atoms with Crippen LogP contribution in [0.3, 0.4) is 0 Å². The molecule has 0 aliphatic carbocycles. The second kappa shape index (κ2) is 10.8. The quantitative estimate of drug-likeness (QED) is 0.427. The SMILES string of the molecule is CC1(C)CC(Nc2nc(Nc3ccc(OC4CCS(=O)(=O)CC4)c(OC(F)F)c3)ncc2F)CC(C)(C)N1. The Bertz CT molecular complexity index is 1230. The second-order valence-corrected chi connectivity index (χ2v) is 13.5. The Morgan fingerprint density at radius 2 is 1.74 bits per heavy atom. The third-order valence-corrected chi connectivity index (χ3v) is 8.20. The summed E-state index contributed by atoms with van der Waals surface area (Å²) in [5.41, 5.74) is 0.0163. The fourth-order valence-electron chi connectivity index (χ4n) is 5.31. The normalized spacial score (nSPS) is 21.2. The largest absolute Gasteiger partial charge is 0.486 e. The van der Waals surface area contributed by atoms with E-state index >= 15 is 0 Å². The zero-order valence-corrected chi connectivity index (χ0v) is 22.7. The van der Waals surface area contributed by atoms with Crippen LogP contribution >= 0.6 is 0 Å². The van der Waals surface area contributed by atoms with Gasteiger partial charge in [-0.2, -0.15) is 13.8 Å². The van der Waals surface area contributed by atoms with E-state index in [9.17, 15) is 21.6 Å². The zero-order chi connectivity index (χ0) is 27.7. The minimum atomic E-state index is -3.10. The van der Waals surface area contributed by atoms with Crippen LogP contribution in [0.25, 0.3) is 0 Å². The lowest BCUT2D eigenvalue weighted by Gasteiger charge is -2.46. The molecule has 3 heterocycles. The summed E-state index contributed by atoms with van der Waals surface area (Å²) >= 11 is 0. The van der Waals surface area contributed by atoms with Gasteiger partial charge in [-0.05, 0) is 65.5 Å². The summed E-state index contributed by atoms with van der Waals surface area (Å²) in [5, 5.41) is 9.66. The van der Waals surface area contributed by atoms with Crippen LogP contribution in [0.2, 0.25) is 0 Å². The fraction of sp³-hybridized carbons (Fsp3) is 0.600. The topological polar surface area (TPSA) is 114 Å². The molecule has 13 heteroatoms. The van der Waals surface area contributed by atoms with Crippen LogP contribution in [0, 0.1) is 5.82 Å². The molecule has 0 radical (unpaired) electrons. The van der Waals surface area contributed by atoms with Crippen molar-refractivity contribution in [3.8, 4) is 11.5 Å². The van der Waals surface area contributed by atoms with Crippen LogP contribution < -0.4 is 25.4 Å². The monoisotopic (exact) mass is 557 g/mol. The highest BCUT2D eigenvalue weighted by atomic mass is 32.2. The Labute approximate surface area is 220 Å². The molecule has 0 spiro atoms. The zero-order valence-electron chi connectivity index (χ0n) is 21.9. The second-order valence-electron chi connectivity index (χ2n) is 11.2. The number of nitrogens with zero attached hydrogens (tertiary/aromatic N) is 2. The van der Waals surface area contributed by atoms with Crippen LogP contribution in [-0.2, 0) is 9.84 Å². The molecule has 2 aliphatic rings. The van der Waals surface area contributed by atoms with Crippen LogP contribution in [0.4, 0.5) is 30.6 Å². The molecular weight excluding hydrogens is 523 g/mol. The first kappa shape index (κ1) is 28.2. The number of ether oxygens (including phenoxy) is 2. The van der Waals surface area contributed by atoms with Gasteiger partial charge in [0.25, 0.3) is 0 Å². The third-order valence-electron chi connectivity index (χ3n) is 6.49. The standard InChI is InChI=1S/C25H34F3N5O4S/c1-24(2)12-16(13-25(3,4)33-24)30-21-18(26)14-29-23(32-21)31-15-5-6-19(20(11-15)37-22(27)28)36-17-7-9-38(34,35)10-8-17/h5-6,11,14,16-17,22,33H,7-10,12-13H2,1-4H3,(H2,29,30,31,32). The molecule has 2 saturated heterocycles. The van der Waals surface area contributed by atoms with Gasteiger partial charge in [0.1, 0.15) is 6.10 Å². The number of halogens is 3. The van der Waals surface area contributed by atoms with Gasteiger partial charge in [-0.15, -0.1) is 0 Å². The van der Waals surface area contributed by atoms with E-state index in [-0.39, 0.29) is 64.7 Å².